The molecule has 390 valence electrons. The van der Waals surface area contributed by atoms with Gasteiger partial charge in [0.05, 0.1) is 44.0 Å². The summed E-state index contributed by atoms with van der Waals surface area (Å²) in [4.78, 5) is 84.7. The molecule has 2 heterocycles. The zero-order valence-corrected chi connectivity index (χ0v) is 42.9. The van der Waals surface area contributed by atoms with Crippen LogP contribution in [0.5, 0.6) is 0 Å². The molecule has 19 heteroatoms. The fraction of sp³-hybridized carbons (Fsp3) is 0.509. The summed E-state index contributed by atoms with van der Waals surface area (Å²) in [5.74, 6) is -6.63. The van der Waals surface area contributed by atoms with Crippen LogP contribution in [0, 0.1) is 29.5 Å². The highest BCUT2D eigenvalue weighted by atomic mass is 32.2. The second-order valence-electron chi connectivity index (χ2n) is 19.8. The Balaban J connectivity index is 1.31. The van der Waals surface area contributed by atoms with Gasteiger partial charge in [-0.2, -0.15) is 8.42 Å². The maximum atomic E-state index is 15.3. The minimum atomic E-state index is -4.95. The highest BCUT2D eigenvalue weighted by molar-refractivity contribution is 7.86. The zero-order valence-electron chi connectivity index (χ0n) is 42.1. The average molecular weight is 1020 g/mol. The first-order valence-electron chi connectivity index (χ1n) is 24.5. The number of nitrogens with zero attached hydrogens (tertiary/aromatic N) is 4. The molecule has 1 aliphatic rings. The number of hydrogen-bond donors (Lipinski definition) is 3. The van der Waals surface area contributed by atoms with Gasteiger partial charge in [0.15, 0.2) is 17.3 Å². The molecule has 5 rings (SSSR count). The molecular weight excluding hydrogens is 948 g/mol. The first-order valence-corrected chi connectivity index (χ1v) is 25.9. The molecule has 0 saturated carbocycles. The van der Waals surface area contributed by atoms with Crippen LogP contribution in [-0.4, -0.2) is 126 Å². The van der Waals surface area contributed by atoms with E-state index in [0.29, 0.717) is 50.4 Å². The summed E-state index contributed by atoms with van der Waals surface area (Å²) >= 11 is 0. The average Bonchev–Trinajstić information content (AvgIpc) is 3.75. The van der Waals surface area contributed by atoms with Crippen LogP contribution in [0.4, 0.5) is 4.39 Å². The molecule has 0 bridgehead atoms. The lowest BCUT2D eigenvalue weighted by Gasteiger charge is -2.30. The van der Waals surface area contributed by atoms with E-state index in [0.717, 1.165) is 30.7 Å². The van der Waals surface area contributed by atoms with Gasteiger partial charge in [0, 0.05) is 56.6 Å². The Bertz CT molecular complexity index is 2580. The van der Waals surface area contributed by atoms with Crippen LogP contribution >= 0.6 is 0 Å². The van der Waals surface area contributed by atoms with Gasteiger partial charge in [-0.1, -0.05) is 93.6 Å². The van der Waals surface area contributed by atoms with Crippen molar-refractivity contribution in [3.8, 4) is 0 Å². The molecule has 17 nitrogen and oxygen atoms in total. The maximum Gasteiger partial charge on any atom is 0.300 e. The van der Waals surface area contributed by atoms with Gasteiger partial charge in [-0.05, 0) is 80.2 Å². The molecule has 5 atom stereocenters. The number of hydrogen-bond acceptors (Lipinski definition) is 14. The van der Waals surface area contributed by atoms with E-state index in [1.165, 1.54) is 10.9 Å². The number of morpholine rings is 1. The van der Waals surface area contributed by atoms with Crippen LogP contribution in [0.1, 0.15) is 93.9 Å². The van der Waals surface area contributed by atoms with Crippen molar-refractivity contribution in [3.05, 3.63) is 113 Å². The molecule has 2 amide bonds. The first-order chi connectivity index (χ1) is 34.1. The maximum absolute atomic E-state index is 15.3. The molecule has 0 radical (unpaired) electrons. The molecule has 1 aliphatic heterocycles. The molecule has 0 spiro atoms. The molecule has 1 unspecified atom stereocenters. The minimum absolute atomic E-state index is 0.00117. The summed E-state index contributed by atoms with van der Waals surface area (Å²) in [6.45, 7) is 9.66. The van der Waals surface area contributed by atoms with Crippen molar-refractivity contribution in [1.82, 2.24) is 30.5 Å². The number of ether oxygens (including phenoxy) is 1. The summed E-state index contributed by atoms with van der Waals surface area (Å²) in [5, 5.41) is 24.8. The van der Waals surface area contributed by atoms with Gasteiger partial charge in [0.25, 0.3) is 10.1 Å². The van der Waals surface area contributed by atoms with E-state index < -0.39 is 86.1 Å². The van der Waals surface area contributed by atoms with Crippen molar-refractivity contribution in [2.45, 2.75) is 109 Å². The number of halogens is 1. The second-order valence-corrected chi connectivity index (χ2v) is 21.4. The van der Waals surface area contributed by atoms with Crippen molar-refractivity contribution in [3.63, 3.8) is 0 Å². The molecule has 1 aromatic heterocycles. The predicted molar refractivity (Wildman–Crippen MR) is 265 cm³/mol. The Morgan fingerprint density at radius 1 is 0.833 bits per heavy atom. The number of amides is 2. The van der Waals surface area contributed by atoms with E-state index in [2.05, 4.69) is 20.9 Å². The van der Waals surface area contributed by atoms with Gasteiger partial charge in [-0.25, -0.2) is 4.39 Å². The third kappa shape index (κ3) is 17.7. The van der Waals surface area contributed by atoms with Gasteiger partial charge in [0.1, 0.15) is 28.7 Å². The number of carbonyl (C=O) groups is 6. The van der Waals surface area contributed by atoms with Crippen molar-refractivity contribution >= 4 is 45.1 Å². The minimum Gasteiger partial charge on any atom is -0.380 e. The van der Waals surface area contributed by atoms with Crippen LogP contribution in [0.2, 0.25) is 0 Å². The van der Waals surface area contributed by atoms with Gasteiger partial charge in [-0.15, -0.1) is 5.10 Å². The fourth-order valence-corrected chi connectivity index (χ4v) is 9.59. The summed E-state index contributed by atoms with van der Waals surface area (Å²) < 4.78 is 53.8. The highest BCUT2D eigenvalue weighted by Gasteiger charge is 2.41. The normalized spacial score (nSPS) is 15.8. The summed E-state index contributed by atoms with van der Waals surface area (Å²) in [5.41, 5.74) is -0.644. The van der Waals surface area contributed by atoms with E-state index in [-0.39, 0.29) is 68.3 Å². The molecule has 1 fully saturated rings. The van der Waals surface area contributed by atoms with E-state index in [9.17, 15) is 42.3 Å². The van der Waals surface area contributed by atoms with Gasteiger partial charge in [-0.3, -0.25) is 42.5 Å². The van der Waals surface area contributed by atoms with Crippen LogP contribution in [0.15, 0.2) is 90.0 Å². The van der Waals surface area contributed by atoms with E-state index in [1.54, 1.807) is 51.2 Å². The van der Waals surface area contributed by atoms with Crippen molar-refractivity contribution in [1.29, 1.82) is 0 Å². The summed E-state index contributed by atoms with van der Waals surface area (Å²) in [7, 11) is -3.34. The largest absolute Gasteiger partial charge is 0.380 e. The van der Waals surface area contributed by atoms with Crippen LogP contribution in [0.3, 0.4) is 0 Å². The van der Waals surface area contributed by atoms with Crippen LogP contribution < -0.4 is 10.6 Å². The topological polar surface area (TPSA) is 233 Å². The summed E-state index contributed by atoms with van der Waals surface area (Å²) in [6, 6.07) is 18.8. The number of nitrogens with one attached hydrogen (secondary N) is 2. The predicted octanol–water partition coefficient (Wildman–Crippen LogP) is 4.83. The number of benzene rings is 3. The molecule has 3 N–H and O–H groups in total. The van der Waals surface area contributed by atoms with Crippen molar-refractivity contribution in [2.75, 3.05) is 39.5 Å². The number of aliphatic hydroxyl groups is 1. The van der Waals surface area contributed by atoms with Crippen molar-refractivity contribution in [2.24, 2.45) is 30.7 Å². The Hall–Kier alpha value is -5.86. The first kappa shape index (κ1) is 57.0. The Labute approximate surface area is 421 Å². The number of ketones is 4. The van der Waals surface area contributed by atoms with E-state index in [4.69, 9.17) is 8.92 Å². The smallest absolute Gasteiger partial charge is 0.300 e. The fourth-order valence-electron chi connectivity index (χ4n) is 8.55. The molecule has 1 saturated heterocycles. The number of carbonyl (C=O) groups excluding carboxylic acids is 6. The molecular formula is C53H69FN6O11S. The number of aromatic nitrogens is 3. The van der Waals surface area contributed by atoms with E-state index >= 15 is 4.39 Å². The SMILES string of the molecule is CC(C)C[C@H](NC(=O)[C@H](CCc1ccccc1)CC(=O)CN1CCOCC1)C(=O)C[C@@H](Cc1ccccc1)C(=O)N[C@@H](CC(C)C)C(=O)C(C)(O)COS(=O)(=O)c1ccc(C(=O)Cc2cn(C)nn2)cc1F. The monoisotopic (exact) mass is 1020 g/mol. The zero-order chi connectivity index (χ0) is 52.6. The molecule has 72 heavy (non-hydrogen) atoms. The third-order valence-electron chi connectivity index (χ3n) is 12.4. The van der Waals surface area contributed by atoms with Crippen LogP contribution in [0.25, 0.3) is 0 Å². The Kier molecular flexibility index (Phi) is 21.2. The standard InChI is InChI=1S/C53H69FN6O11S/c1-35(2)25-45(55-51(65)40(18-17-37-13-9-7-10-14-37)28-43(61)33-60-21-23-70-24-22-60)48(63)30-41(27-38-15-11-8-12-16-38)52(66)56-46(26-36(3)4)50(64)53(5,67)34-71-72(68,69)49-20-19-39(29-44(49)54)47(62)31-42-32-59(6)58-57-42/h7-16,19-20,29,32,35-36,40-41,45-46,67H,17-18,21-28,30-31,33-34H2,1-6H3,(H,55,65)(H,56,66)/t40-,41-,45+,46+,53?/m1/s1. The van der Waals surface area contributed by atoms with Gasteiger partial charge in [0.2, 0.25) is 11.8 Å². The van der Waals surface area contributed by atoms with E-state index in [1.807, 2.05) is 49.1 Å². The third-order valence-corrected chi connectivity index (χ3v) is 13.7. The Morgan fingerprint density at radius 2 is 1.43 bits per heavy atom. The number of aryl methyl sites for hydroxylation is 2. The van der Waals surface area contributed by atoms with Gasteiger partial charge >= 0.3 is 0 Å². The Morgan fingerprint density at radius 3 is 2.03 bits per heavy atom. The summed E-state index contributed by atoms with van der Waals surface area (Å²) in [6.07, 6.45) is 2.11. The quantitative estimate of drug-likeness (QED) is 0.0489. The lowest BCUT2D eigenvalue weighted by atomic mass is 9.86. The second kappa shape index (κ2) is 26.7. The molecule has 3 aromatic carbocycles. The lowest BCUT2D eigenvalue weighted by Crippen LogP contribution is -2.54. The highest BCUT2D eigenvalue weighted by Crippen LogP contribution is 2.25. The van der Waals surface area contributed by atoms with Crippen LogP contribution in [-0.2, 0) is 69.3 Å². The molecule has 0 aliphatic carbocycles. The van der Waals surface area contributed by atoms with Gasteiger partial charge < -0.3 is 20.5 Å². The van der Waals surface area contributed by atoms with Crippen molar-refractivity contribution < 1.29 is 55.6 Å². The number of Topliss-reactive ketones (excluding diaryl/α,β-unsaturated/α-hetero) is 4. The lowest BCUT2D eigenvalue weighted by molar-refractivity contribution is -0.143. The molecule has 4 aromatic rings. The number of rotatable bonds is 29.